The number of amides is 2. The quantitative estimate of drug-likeness (QED) is 0.363. The van der Waals surface area contributed by atoms with E-state index in [2.05, 4.69) is 10.6 Å². The number of benzene rings is 3. The molecule has 3 aromatic rings. The highest BCUT2D eigenvalue weighted by molar-refractivity contribution is 8.00. The number of anilines is 2. The average molecular weight is 493 g/mol. The van der Waals surface area contributed by atoms with Crippen molar-refractivity contribution in [3.05, 3.63) is 88.9 Å². The second-order valence-electron chi connectivity index (χ2n) is 7.17. The van der Waals surface area contributed by atoms with Gasteiger partial charge in [-0.3, -0.25) is 9.59 Å². The summed E-state index contributed by atoms with van der Waals surface area (Å²) in [7, 11) is 0. The number of halogens is 4. The van der Waals surface area contributed by atoms with E-state index in [0.717, 1.165) is 22.6 Å². The maximum Gasteiger partial charge on any atom is 0.418 e. The largest absolute Gasteiger partial charge is 0.418 e. The molecule has 33 heavy (non-hydrogen) atoms. The number of hydrogen-bond acceptors (Lipinski definition) is 3. The van der Waals surface area contributed by atoms with Crippen molar-refractivity contribution in [3.8, 4) is 0 Å². The molecule has 172 valence electrons. The van der Waals surface area contributed by atoms with Gasteiger partial charge in [-0.25, -0.2) is 0 Å². The lowest BCUT2D eigenvalue weighted by Crippen LogP contribution is -2.24. The lowest BCUT2D eigenvalue weighted by Gasteiger charge is -2.17. The van der Waals surface area contributed by atoms with E-state index >= 15 is 0 Å². The van der Waals surface area contributed by atoms with Crippen LogP contribution >= 0.6 is 23.4 Å². The zero-order valence-corrected chi connectivity index (χ0v) is 19.0. The summed E-state index contributed by atoms with van der Waals surface area (Å²) in [6, 6.07) is 19.4. The summed E-state index contributed by atoms with van der Waals surface area (Å²) in [5.74, 6) is -0.731. The molecule has 0 aliphatic rings. The van der Waals surface area contributed by atoms with Crippen LogP contribution in [0.2, 0.25) is 5.02 Å². The van der Waals surface area contributed by atoms with Gasteiger partial charge in [-0.2, -0.15) is 13.2 Å². The van der Waals surface area contributed by atoms with Gasteiger partial charge in [-0.05, 0) is 55.0 Å². The van der Waals surface area contributed by atoms with E-state index in [9.17, 15) is 22.8 Å². The molecule has 3 aromatic carbocycles. The molecule has 9 heteroatoms. The summed E-state index contributed by atoms with van der Waals surface area (Å²) in [6.07, 6.45) is -4.40. The summed E-state index contributed by atoms with van der Waals surface area (Å²) in [6.45, 7) is 1.60. The van der Waals surface area contributed by atoms with Gasteiger partial charge in [0.15, 0.2) is 0 Å². The minimum Gasteiger partial charge on any atom is -0.326 e. The topological polar surface area (TPSA) is 58.2 Å². The van der Waals surface area contributed by atoms with E-state index in [-0.39, 0.29) is 23.0 Å². The molecule has 4 nitrogen and oxygen atoms in total. The Kier molecular flexibility index (Phi) is 8.05. The zero-order valence-electron chi connectivity index (χ0n) is 17.4. The third-order valence-electron chi connectivity index (χ3n) is 4.57. The summed E-state index contributed by atoms with van der Waals surface area (Å²) in [5.41, 5.74) is 0.154. The molecule has 0 aliphatic carbocycles. The normalized spacial score (nSPS) is 12.2. The van der Waals surface area contributed by atoms with Crippen LogP contribution in [0.4, 0.5) is 24.5 Å². The first kappa shape index (κ1) is 24.7. The van der Waals surface area contributed by atoms with E-state index in [1.807, 2.05) is 30.3 Å². The molecule has 0 saturated carbocycles. The zero-order chi connectivity index (χ0) is 24.0. The van der Waals surface area contributed by atoms with Crippen molar-refractivity contribution in [2.24, 2.45) is 0 Å². The van der Waals surface area contributed by atoms with Gasteiger partial charge < -0.3 is 10.6 Å². The number of thioether (sulfide) groups is 1. The Morgan fingerprint density at radius 2 is 1.64 bits per heavy atom. The number of alkyl halides is 3. The molecule has 2 amide bonds. The number of rotatable bonds is 7. The van der Waals surface area contributed by atoms with Crippen molar-refractivity contribution in [2.75, 3.05) is 10.6 Å². The number of carbonyl (C=O) groups is 2. The van der Waals surface area contributed by atoms with Crippen LogP contribution in [0.1, 0.15) is 18.1 Å². The molecule has 0 aromatic heterocycles. The van der Waals surface area contributed by atoms with E-state index in [4.69, 9.17) is 11.6 Å². The minimum absolute atomic E-state index is 0.0707. The fourth-order valence-corrected chi connectivity index (χ4v) is 3.99. The molecule has 1 unspecified atom stereocenters. The van der Waals surface area contributed by atoms with Crippen molar-refractivity contribution in [2.45, 2.75) is 29.7 Å². The number of carbonyl (C=O) groups excluding carboxylic acids is 2. The van der Waals surface area contributed by atoms with E-state index < -0.39 is 22.9 Å². The first-order valence-corrected chi connectivity index (χ1v) is 11.2. The van der Waals surface area contributed by atoms with Crippen LogP contribution in [0.15, 0.2) is 77.7 Å². The Hall–Kier alpha value is -2.97. The molecule has 0 heterocycles. The first-order valence-electron chi connectivity index (χ1n) is 9.90. The van der Waals surface area contributed by atoms with E-state index in [1.165, 1.54) is 17.8 Å². The lowest BCUT2D eigenvalue weighted by molar-refractivity contribution is -0.137. The summed E-state index contributed by atoms with van der Waals surface area (Å²) in [4.78, 5) is 25.4. The Labute approximate surface area is 198 Å². The highest BCUT2D eigenvalue weighted by Gasteiger charge is 2.34. The minimum atomic E-state index is -4.65. The van der Waals surface area contributed by atoms with Crippen LogP contribution in [0.25, 0.3) is 0 Å². The third kappa shape index (κ3) is 7.27. The summed E-state index contributed by atoms with van der Waals surface area (Å²) in [5, 5.41) is 4.40. The molecule has 0 saturated heterocycles. The van der Waals surface area contributed by atoms with Gasteiger partial charge >= 0.3 is 6.18 Å². The average Bonchev–Trinajstić information content (AvgIpc) is 2.76. The molecule has 3 rings (SSSR count). The van der Waals surface area contributed by atoms with Crippen molar-refractivity contribution in [1.82, 2.24) is 0 Å². The van der Waals surface area contributed by atoms with Gasteiger partial charge in [-0.15, -0.1) is 11.8 Å². The predicted octanol–water partition coefficient (Wildman–Crippen LogP) is 6.66. The molecule has 0 fully saturated rings. The van der Waals surface area contributed by atoms with Crippen molar-refractivity contribution in [3.63, 3.8) is 0 Å². The third-order valence-corrected chi connectivity index (χ3v) is 5.92. The van der Waals surface area contributed by atoms with Gasteiger partial charge in [0.2, 0.25) is 11.8 Å². The standard InChI is InChI=1S/C24H20ClF3N2O2S/c1-15(23(32)30-21-12-7-17(25)14-20(21)24(26,27)28)33-19-10-8-18(9-11-19)29-22(31)13-16-5-3-2-4-6-16/h2-12,14-15H,13H2,1H3,(H,29,31)(H,30,32). The summed E-state index contributed by atoms with van der Waals surface area (Å²) >= 11 is 6.86. The molecular weight excluding hydrogens is 473 g/mol. The maximum atomic E-state index is 13.2. The second-order valence-corrected chi connectivity index (χ2v) is 9.02. The molecule has 0 radical (unpaired) electrons. The van der Waals surface area contributed by atoms with Gasteiger partial charge in [-0.1, -0.05) is 41.9 Å². The highest BCUT2D eigenvalue weighted by atomic mass is 35.5. The van der Waals surface area contributed by atoms with Gasteiger partial charge in [0.05, 0.1) is 22.9 Å². The van der Waals surface area contributed by atoms with Crippen LogP contribution in [-0.4, -0.2) is 17.1 Å². The van der Waals surface area contributed by atoms with Crippen molar-refractivity contribution < 1.29 is 22.8 Å². The molecule has 0 aliphatic heterocycles. The summed E-state index contributed by atoms with van der Waals surface area (Å²) < 4.78 is 39.7. The van der Waals surface area contributed by atoms with E-state index in [0.29, 0.717) is 5.69 Å². The van der Waals surface area contributed by atoms with Gasteiger partial charge in [0, 0.05) is 15.6 Å². The number of nitrogens with one attached hydrogen (secondary N) is 2. The van der Waals surface area contributed by atoms with Crippen molar-refractivity contribution in [1.29, 1.82) is 0 Å². The monoisotopic (exact) mass is 492 g/mol. The predicted molar refractivity (Wildman–Crippen MR) is 126 cm³/mol. The van der Waals surface area contributed by atoms with Crippen LogP contribution in [0.5, 0.6) is 0 Å². The number of hydrogen-bond donors (Lipinski definition) is 2. The van der Waals surface area contributed by atoms with Crippen molar-refractivity contribution >= 4 is 46.6 Å². The highest BCUT2D eigenvalue weighted by Crippen LogP contribution is 2.37. The van der Waals surface area contributed by atoms with Crippen LogP contribution in [-0.2, 0) is 22.2 Å². The molecule has 2 N–H and O–H groups in total. The second kappa shape index (κ2) is 10.8. The Morgan fingerprint density at radius 1 is 0.970 bits per heavy atom. The fraction of sp³-hybridized carbons (Fsp3) is 0.167. The van der Waals surface area contributed by atoms with Crippen LogP contribution in [0.3, 0.4) is 0 Å². The molecule has 1 atom stereocenters. The van der Waals surface area contributed by atoms with Gasteiger partial charge in [0.25, 0.3) is 0 Å². The Balaban J connectivity index is 1.58. The molecule has 0 bridgehead atoms. The Morgan fingerprint density at radius 3 is 2.27 bits per heavy atom. The molecule has 0 spiro atoms. The fourth-order valence-electron chi connectivity index (χ4n) is 2.96. The first-order chi connectivity index (χ1) is 15.6. The maximum absolute atomic E-state index is 13.2. The van der Waals surface area contributed by atoms with E-state index in [1.54, 1.807) is 31.2 Å². The van der Waals surface area contributed by atoms with Crippen LogP contribution in [0, 0.1) is 0 Å². The Bertz CT molecular complexity index is 1120. The van der Waals surface area contributed by atoms with Crippen LogP contribution < -0.4 is 10.6 Å². The smallest absolute Gasteiger partial charge is 0.326 e. The SMILES string of the molecule is CC(Sc1ccc(NC(=O)Cc2ccccc2)cc1)C(=O)Nc1ccc(Cl)cc1C(F)(F)F. The molecular formula is C24H20ClF3N2O2S. The van der Waals surface area contributed by atoms with Gasteiger partial charge in [0.1, 0.15) is 0 Å². The lowest BCUT2D eigenvalue weighted by atomic mass is 10.1.